The predicted molar refractivity (Wildman–Crippen MR) is 98.8 cm³/mol. The second-order valence-electron chi connectivity index (χ2n) is 5.94. The van der Waals surface area contributed by atoms with Crippen molar-refractivity contribution in [2.45, 2.75) is 20.0 Å². The Hall–Kier alpha value is -2.38. The van der Waals surface area contributed by atoms with Gasteiger partial charge in [0.05, 0.1) is 19.9 Å². The van der Waals surface area contributed by atoms with Gasteiger partial charge >= 0.3 is 0 Å². The number of nitrogens with zero attached hydrogens (tertiary/aromatic N) is 3. The van der Waals surface area contributed by atoms with Crippen LogP contribution in [0.5, 0.6) is 11.5 Å². The lowest BCUT2D eigenvalue weighted by molar-refractivity contribution is 0.313. The zero-order valence-electron chi connectivity index (χ0n) is 14.8. The van der Waals surface area contributed by atoms with Crippen molar-refractivity contribution in [3.05, 3.63) is 57.0 Å². The van der Waals surface area contributed by atoms with Crippen molar-refractivity contribution in [2.75, 3.05) is 21.3 Å². The zero-order chi connectivity index (χ0) is 18.0. The number of thiazole rings is 1. The molecule has 132 valence electrons. The molecule has 0 aliphatic rings. The van der Waals surface area contributed by atoms with Crippen molar-refractivity contribution in [3.8, 4) is 11.5 Å². The first kappa shape index (κ1) is 17.4. The van der Waals surface area contributed by atoms with Gasteiger partial charge in [-0.1, -0.05) is 6.07 Å². The Morgan fingerprint density at radius 3 is 2.64 bits per heavy atom. The fourth-order valence-electron chi connectivity index (χ4n) is 2.80. The molecule has 2 aromatic heterocycles. The SMILES string of the molecule is COc1ccc(CN(C)Cc2cc(=O)n3c(C)csc3n2)cc1OC. The summed E-state index contributed by atoms with van der Waals surface area (Å²) in [5.74, 6) is 1.42. The number of hydrogen-bond acceptors (Lipinski definition) is 6. The zero-order valence-corrected chi connectivity index (χ0v) is 15.6. The summed E-state index contributed by atoms with van der Waals surface area (Å²) in [6.45, 7) is 3.22. The predicted octanol–water partition coefficient (Wildman–Crippen LogP) is 2.71. The van der Waals surface area contributed by atoms with E-state index in [1.165, 1.54) is 11.3 Å². The van der Waals surface area contributed by atoms with E-state index in [0.717, 1.165) is 21.9 Å². The van der Waals surface area contributed by atoms with Crippen molar-refractivity contribution < 1.29 is 9.47 Å². The summed E-state index contributed by atoms with van der Waals surface area (Å²) in [5, 5.41) is 1.95. The quantitative estimate of drug-likeness (QED) is 0.677. The van der Waals surface area contributed by atoms with Gasteiger partial charge in [-0.25, -0.2) is 4.98 Å². The normalized spacial score (nSPS) is 11.2. The molecule has 7 heteroatoms. The number of benzene rings is 1. The van der Waals surface area contributed by atoms with Crippen LogP contribution in [0, 0.1) is 6.92 Å². The highest BCUT2D eigenvalue weighted by atomic mass is 32.1. The first-order valence-corrected chi connectivity index (χ1v) is 8.76. The molecule has 0 unspecified atom stereocenters. The fraction of sp³-hybridized carbons (Fsp3) is 0.333. The van der Waals surface area contributed by atoms with Crippen molar-refractivity contribution in [1.29, 1.82) is 0 Å². The minimum Gasteiger partial charge on any atom is -0.493 e. The van der Waals surface area contributed by atoms with Gasteiger partial charge in [-0.15, -0.1) is 11.3 Å². The molecule has 0 saturated heterocycles. The van der Waals surface area contributed by atoms with Gasteiger partial charge in [0.15, 0.2) is 16.5 Å². The molecular formula is C18H21N3O3S. The van der Waals surface area contributed by atoms with Crippen LogP contribution < -0.4 is 15.0 Å². The van der Waals surface area contributed by atoms with Crippen LogP contribution in [0.4, 0.5) is 0 Å². The smallest absolute Gasteiger partial charge is 0.259 e. The molecule has 0 bridgehead atoms. The maximum absolute atomic E-state index is 12.3. The van der Waals surface area contributed by atoms with Crippen LogP contribution in [0.2, 0.25) is 0 Å². The molecule has 0 saturated carbocycles. The van der Waals surface area contributed by atoms with E-state index in [-0.39, 0.29) is 5.56 Å². The van der Waals surface area contributed by atoms with Crippen molar-refractivity contribution in [3.63, 3.8) is 0 Å². The number of aromatic nitrogens is 2. The topological polar surface area (TPSA) is 56.1 Å². The molecule has 25 heavy (non-hydrogen) atoms. The molecule has 3 rings (SSSR count). The van der Waals surface area contributed by atoms with Crippen LogP contribution in [0.25, 0.3) is 4.96 Å². The molecule has 0 fully saturated rings. The van der Waals surface area contributed by atoms with E-state index in [2.05, 4.69) is 9.88 Å². The highest BCUT2D eigenvalue weighted by Gasteiger charge is 2.10. The van der Waals surface area contributed by atoms with Crippen LogP contribution in [-0.4, -0.2) is 35.6 Å². The number of aryl methyl sites for hydroxylation is 1. The van der Waals surface area contributed by atoms with Crippen LogP contribution in [-0.2, 0) is 13.1 Å². The molecule has 0 radical (unpaired) electrons. The molecule has 0 amide bonds. The number of methoxy groups -OCH3 is 2. The lowest BCUT2D eigenvalue weighted by atomic mass is 10.2. The van der Waals surface area contributed by atoms with E-state index in [1.54, 1.807) is 24.7 Å². The lowest BCUT2D eigenvalue weighted by Gasteiger charge is -2.17. The van der Waals surface area contributed by atoms with E-state index < -0.39 is 0 Å². The monoisotopic (exact) mass is 359 g/mol. The number of ether oxygens (including phenoxy) is 2. The van der Waals surface area contributed by atoms with Crippen LogP contribution in [0.15, 0.2) is 34.4 Å². The molecule has 0 atom stereocenters. The van der Waals surface area contributed by atoms with Crippen LogP contribution in [0.1, 0.15) is 17.0 Å². The number of fused-ring (bicyclic) bond motifs is 1. The summed E-state index contributed by atoms with van der Waals surface area (Å²) < 4.78 is 12.2. The third-order valence-corrected chi connectivity index (χ3v) is 4.90. The van der Waals surface area contributed by atoms with Crippen LogP contribution in [0.3, 0.4) is 0 Å². The molecular weight excluding hydrogens is 338 g/mol. The van der Waals surface area contributed by atoms with Gasteiger partial charge in [-0.05, 0) is 31.7 Å². The lowest BCUT2D eigenvalue weighted by Crippen LogP contribution is -2.21. The van der Waals surface area contributed by atoms with E-state index >= 15 is 0 Å². The molecule has 0 aliphatic carbocycles. The molecule has 0 N–H and O–H groups in total. The third kappa shape index (κ3) is 3.67. The van der Waals surface area contributed by atoms with E-state index in [4.69, 9.17) is 9.47 Å². The van der Waals surface area contributed by atoms with Crippen LogP contribution >= 0.6 is 11.3 Å². The Labute approximate surface area is 150 Å². The maximum atomic E-state index is 12.3. The summed E-state index contributed by atoms with van der Waals surface area (Å²) in [6, 6.07) is 7.47. The Morgan fingerprint density at radius 1 is 1.16 bits per heavy atom. The highest BCUT2D eigenvalue weighted by molar-refractivity contribution is 7.15. The number of hydrogen-bond donors (Lipinski definition) is 0. The molecule has 2 heterocycles. The van der Waals surface area contributed by atoms with Crippen molar-refractivity contribution >= 4 is 16.3 Å². The molecule has 0 spiro atoms. The molecule has 6 nitrogen and oxygen atoms in total. The van der Waals surface area contributed by atoms with E-state index in [0.29, 0.717) is 24.6 Å². The Balaban J connectivity index is 1.76. The minimum atomic E-state index is -0.0294. The van der Waals surface area contributed by atoms with Gasteiger partial charge in [0.2, 0.25) is 0 Å². The van der Waals surface area contributed by atoms with Gasteiger partial charge < -0.3 is 9.47 Å². The Kier molecular flexibility index (Phi) is 5.06. The Bertz CT molecular complexity index is 948. The Morgan fingerprint density at radius 2 is 1.92 bits per heavy atom. The average molecular weight is 359 g/mol. The summed E-state index contributed by atoms with van der Waals surface area (Å²) >= 11 is 1.49. The molecule has 0 aliphatic heterocycles. The van der Waals surface area contributed by atoms with Gasteiger partial charge in [-0.2, -0.15) is 0 Å². The largest absolute Gasteiger partial charge is 0.493 e. The van der Waals surface area contributed by atoms with E-state index in [1.807, 2.05) is 37.6 Å². The van der Waals surface area contributed by atoms with Crippen molar-refractivity contribution in [1.82, 2.24) is 14.3 Å². The van der Waals surface area contributed by atoms with Gasteiger partial charge in [-0.3, -0.25) is 14.1 Å². The first-order valence-electron chi connectivity index (χ1n) is 7.88. The highest BCUT2D eigenvalue weighted by Crippen LogP contribution is 2.28. The first-order chi connectivity index (χ1) is 12.0. The molecule has 3 aromatic rings. The summed E-state index contributed by atoms with van der Waals surface area (Å²) in [4.78, 5) is 19.7. The average Bonchev–Trinajstić information content (AvgIpc) is 2.96. The van der Waals surface area contributed by atoms with E-state index in [9.17, 15) is 4.79 Å². The standard InChI is InChI=1S/C18H21N3O3S/c1-12-11-25-18-19-14(8-17(22)21(12)18)10-20(2)9-13-5-6-15(23-3)16(7-13)24-4/h5-8,11H,9-10H2,1-4H3. The van der Waals surface area contributed by atoms with Gasteiger partial charge in [0.1, 0.15) is 0 Å². The summed E-state index contributed by atoms with van der Waals surface area (Å²) in [6.07, 6.45) is 0. The second-order valence-corrected chi connectivity index (χ2v) is 6.78. The fourth-order valence-corrected chi connectivity index (χ4v) is 3.70. The summed E-state index contributed by atoms with van der Waals surface area (Å²) in [5.41, 5.74) is 2.76. The third-order valence-electron chi connectivity index (χ3n) is 3.96. The van der Waals surface area contributed by atoms with Crippen molar-refractivity contribution in [2.24, 2.45) is 0 Å². The van der Waals surface area contributed by atoms with Gasteiger partial charge in [0, 0.05) is 30.2 Å². The second kappa shape index (κ2) is 7.25. The maximum Gasteiger partial charge on any atom is 0.259 e. The molecule has 1 aromatic carbocycles. The number of rotatable bonds is 6. The minimum absolute atomic E-state index is 0.0294. The van der Waals surface area contributed by atoms with Gasteiger partial charge in [0.25, 0.3) is 5.56 Å². The summed E-state index contributed by atoms with van der Waals surface area (Å²) in [7, 11) is 5.25.